The molecule has 1 rings (SSSR count). The van der Waals surface area contributed by atoms with Gasteiger partial charge in [0.05, 0.1) is 10.0 Å². The Bertz CT molecular complexity index is 336. The summed E-state index contributed by atoms with van der Waals surface area (Å²) in [5.41, 5.74) is 0.474. The van der Waals surface area contributed by atoms with Gasteiger partial charge in [-0.05, 0) is 41.6 Å². The Kier molecular flexibility index (Phi) is 3.37. The number of rotatable bonds is 1. The van der Waals surface area contributed by atoms with Crippen LogP contribution in [0.2, 0.25) is 10.0 Å². The largest absolute Gasteiger partial charge is 0.294 e. The van der Waals surface area contributed by atoms with Crippen LogP contribution in [0.15, 0.2) is 12.1 Å². The lowest BCUT2D eigenvalue weighted by atomic mass is 10.1. The van der Waals surface area contributed by atoms with E-state index in [0.717, 1.165) is 3.57 Å². The van der Waals surface area contributed by atoms with E-state index >= 15 is 0 Å². The molecular formula is C8H5Cl2IO. The van der Waals surface area contributed by atoms with Crippen molar-refractivity contribution >= 4 is 51.6 Å². The quantitative estimate of drug-likeness (QED) is 0.438. The Hall–Kier alpha value is 0.200. The van der Waals surface area contributed by atoms with E-state index in [1.165, 1.54) is 6.92 Å². The van der Waals surface area contributed by atoms with Gasteiger partial charge in [-0.2, -0.15) is 0 Å². The fourth-order valence-corrected chi connectivity index (χ4v) is 1.90. The van der Waals surface area contributed by atoms with E-state index in [2.05, 4.69) is 22.6 Å². The maximum Gasteiger partial charge on any atom is 0.161 e. The molecule has 0 N–H and O–H groups in total. The molecule has 0 atom stereocenters. The second kappa shape index (κ2) is 3.94. The average molecular weight is 315 g/mol. The molecule has 4 heteroatoms. The number of ketones is 1. The monoisotopic (exact) mass is 314 g/mol. The van der Waals surface area contributed by atoms with Gasteiger partial charge in [0.25, 0.3) is 0 Å². The molecule has 0 heterocycles. The van der Waals surface area contributed by atoms with Crippen LogP contribution in [0.5, 0.6) is 0 Å². The van der Waals surface area contributed by atoms with Gasteiger partial charge in [0.15, 0.2) is 5.78 Å². The van der Waals surface area contributed by atoms with Crippen LogP contribution in [0.4, 0.5) is 0 Å². The first-order chi connectivity index (χ1) is 5.52. The number of halogens is 3. The van der Waals surface area contributed by atoms with E-state index in [-0.39, 0.29) is 5.78 Å². The molecule has 1 aromatic rings. The summed E-state index contributed by atoms with van der Waals surface area (Å²) in [5.74, 6) is -0.0710. The molecule has 1 nitrogen and oxygen atoms in total. The highest BCUT2D eigenvalue weighted by atomic mass is 127. The molecule has 0 unspecified atom stereocenters. The van der Waals surface area contributed by atoms with Gasteiger partial charge in [-0.3, -0.25) is 4.79 Å². The second-order valence-electron chi connectivity index (χ2n) is 2.30. The summed E-state index contributed by atoms with van der Waals surface area (Å²) in [6.07, 6.45) is 0. The molecule has 64 valence electrons. The summed E-state index contributed by atoms with van der Waals surface area (Å²) in [7, 11) is 0. The molecule has 0 aliphatic heterocycles. The molecule has 0 amide bonds. The third-order valence-electron chi connectivity index (χ3n) is 1.39. The zero-order valence-corrected chi connectivity index (χ0v) is 9.87. The van der Waals surface area contributed by atoms with E-state index in [9.17, 15) is 4.79 Å². The van der Waals surface area contributed by atoms with Gasteiger partial charge in [0, 0.05) is 9.13 Å². The highest BCUT2D eigenvalue weighted by Crippen LogP contribution is 2.26. The van der Waals surface area contributed by atoms with Crippen molar-refractivity contribution in [2.45, 2.75) is 6.92 Å². The van der Waals surface area contributed by atoms with E-state index in [4.69, 9.17) is 23.2 Å². The number of hydrogen-bond donors (Lipinski definition) is 0. The van der Waals surface area contributed by atoms with Crippen LogP contribution in [0, 0.1) is 3.57 Å². The SMILES string of the molecule is CC(=O)c1cc(Cl)c(I)cc1Cl. The molecule has 0 fully saturated rings. The molecule has 0 bridgehead atoms. The lowest BCUT2D eigenvalue weighted by Gasteiger charge is -2.01. The number of Topliss-reactive ketones (excluding diaryl/α,β-unsaturated/α-hetero) is 1. The Morgan fingerprint density at radius 3 is 2.42 bits per heavy atom. The summed E-state index contributed by atoms with van der Waals surface area (Å²) in [5, 5.41) is 1.02. The second-order valence-corrected chi connectivity index (χ2v) is 4.28. The van der Waals surface area contributed by atoms with Crippen molar-refractivity contribution in [2.75, 3.05) is 0 Å². The van der Waals surface area contributed by atoms with Crippen LogP contribution in [-0.2, 0) is 0 Å². The topological polar surface area (TPSA) is 17.1 Å². The van der Waals surface area contributed by atoms with E-state index < -0.39 is 0 Å². The van der Waals surface area contributed by atoms with Crippen LogP contribution in [0.25, 0.3) is 0 Å². The van der Waals surface area contributed by atoms with E-state index in [1.807, 2.05) is 0 Å². The molecule has 0 saturated carbocycles. The van der Waals surface area contributed by atoms with Crippen molar-refractivity contribution in [1.82, 2.24) is 0 Å². The molecule has 0 radical (unpaired) electrons. The van der Waals surface area contributed by atoms with Crippen molar-refractivity contribution in [2.24, 2.45) is 0 Å². The minimum atomic E-state index is -0.0710. The summed E-state index contributed by atoms with van der Waals surface area (Å²) >= 11 is 13.7. The van der Waals surface area contributed by atoms with Gasteiger partial charge < -0.3 is 0 Å². The predicted molar refractivity (Wildman–Crippen MR) is 59.2 cm³/mol. The Labute approximate surface area is 94.2 Å². The zero-order chi connectivity index (χ0) is 9.30. The summed E-state index contributed by atoms with van der Waals surface area (Å²) in [4.78, 5) is 11.0. The van der Waals surface area contributed by atoms with Crippen molar-refractivity contribution in [3.05, 3.63) is 31.3 Å². The third kappa shape index (κ3) is 2.12. The first-order valence-corrected chi connectivity index (χ1v) is 5.01. The number of carbonyl (C=O) groups excluding carboxylic acids is 1. The van der Waals surface area contributed by atoms with Gasteiger partial charge in [-0.1, -0.05) is 23.2 Å². The first-order valence-electron chi connectivity index (χ1n) is 3.18. The molecule has 1 aromatic carbocycles. The maximum absolute atomic E-state index is 11.0. The van der Waals surface area contributed by atoms with E-state index in [0.29, 0.717) is 15.6 Å². The minimum absolute atomic E-state index is 0.0710. The molecule has 0 aromatic heterocycles. The van der Waals surface area contributed by atoms with Crippen LogP contribution in [0.3, 0.4) is 0 Å². The Morgan fingerprint density at radius 2 is 1.92 bits per heavy atom. The smallest absolute Gasteiger partial charge is 0.161 e. The van der Waals surface area contributed by atoms with Gasteiger partial charge in [-0.15, -0.1) is 0 Å². The molecule has 0 aliphatic rings. The van der Waals surface area contributed by atoms with Crippen LogP contribution < -0.4 is 0 Å². The van der Waals surface area contributed by atoms with E-state index in [1.54, 1.807) is 12.1 Å². The maximum atomic E-state index is 11.0. The molecule has 0 aliphatic carbocycles. The van der Waals surface area contributed by atoms with Gasteiger partial charge in [-0.25, -0.2) is 0 Å². The summed E-state index contributed by atoms with van der Waals surface area (Å²) in [6, 6.07) is 3.27. The summed E-state index contributed by atoms with van der Waals surface area (Å²) < 4.78 is 0.851. The standard InChI is InChI=1S/C8H5Cl2IO/c1-4(12)5-2-7(10)8(11)3-6(5)9/h2-3H,1H3. The van der Waals surface area contributed by atoms with Crippen molar-refractivity contribution in [3.63, 3.8) is 0 Å². The Morgan fingerprint density at radius 1 is 1.33 bits per heavy atom. The minimum Gasteiger partial charge on any atom is -0.294 e. The number of benzene rings is 1. The van der Waals surface area contributed by atoms with Crippen LogP contribution in [0.1, 0.15) is 17.3 Å². The highest BCUT2D eigenvalue weighted by Gasteiger charge is 2.08. The van der Waals surface area contributed by atoms with Gasteiger partial charge in [0.1, 0.15) is 0 Å². The normalized spacial score (nSPS) is 10.0. The predicted octanol–water partition coefficient (Wildman–Crippen LogP) is 3.80. The third-order valence-corrected chi connectivity index (χ3v) is 3.23. The Balaban J connectivity index is 3.33. The van der Waals surface area contributed by atoms with Crippen molar-refractivity contribution in [1.29, 1.82) is 0 Å². The average Bonchev–Trinajstić information content (AvgIpc) is 1.96. The molecule has 0 spiro atoms. The fourth-order valence-electron chi connectivity index (χ4n) is 0.792. The van der Waals surface area contributed by atoms with Crippen molar-refractivity contribution in [3.8, 4) is 0 Å². The van der Waals surface area contributed by atoms with Crippen LogP contribution >= 0.6 is 45.8 Å². The lowest BCUT2D eigenvalue weighted by molar-refractivity contribution is 0.101. The van der Waals surface area contributed by atoms with Crippen molar-refractivity contribution < 1.29 is 4.79 Å². The molecule has 12 heavy (non-hydrogen) atoms. The summed E-state index contributed by atoms with van der Waals surface area (Å²) in [6.45, 7) is 1.46. The first kappa shape index (κ1) is 10.3. The van der Waals surface area contributed by atoms with Gasteiger partial charge >= 0.3 is 0 Å². The highest BCUT2D eigenvalue weighted by molar-refractivity contribution is 14.1. The number of hydrogen-bond acceptors (Lipinski definition) is 1. The fraction of sp³-hybridized carbons (Fsp3) is 0.125. The number of carbonyl (C=O) groups is 1. The van der Waals surface area contributed by atoms with Crippen LogP contribution in [-0.4, -0.2) is 5.78 Å². The molecular weight excluding hydrogens is 310 g/mol. The molecule has 0 saturated heterocycles. The lowest BCUT2D eigenvalue weighted by Crippen LogP contribution is -1.94. The zero-order valence-electron chi connectivity index (χ0n) is 6.20. The van der Waals surface area contributed by atoms with Gasteiger partial charge in [0.2, 0.25) is 0 Å².